The van der Waals surface area contributed by atoms with Crippen molar-refractivity contribution in [3.63, 3.8) is 0 Å². The summed E-state index contributed by atoms with van der Waals surface area (Å²) < 4.78 is 54.2. The summed E-state index contributed by atoms with van der Waals surface area (Å²) >= 11 is 0. The minimum absolute atomic E-state index is 0.0137. The highest BCUT2D eigenvalue weighted by Gasteiger charge is 2.27. The molecule has 8 heteroatoms. The monoisotopic (exact) mass is 370 g/mol. The first-order chi connectivity index (χ1) is 11.1. The van der Waals surface area contributed by atoms with Gasteiger partial charge in [0, 0.05) is 12.2 Å². The molecule has 1 aromatic heterocycles. The maximum Gasteiger partial charge on any atom is 0.268 e. The molecule has 0 fully saturated rings. The van der Waals surface area contributed by atoms with Crippen molar-refractivity contribution >= 4 is 20.0 Å². The molecular formula is C16H22N2O4S2. The predicted molar refractivity (Wildman–Crippen MR) is 93.0 cm³/mol. The molecule has 2 aromatic rings. The second-order valence-electron chi connectivity index (χ2n) is 6.06. The Labute approximate surface area is 143 Å². The van der Waals surface area contributed by atoms with Crippen molar-refractivity contribution in [3.8, 4) is 0 Å². The molecule has 0 saturated carbocycles. The summed E-state index contributed by atoms with van der Waals surface area (Å²) in [6.07, 6.45) is 0. The van der Waals surface area contributed by atoms with Gasteiger partial charge in [0.15, 0.2) is 0 Å². The van der Waals surface area contributed by atoms with Crippen LogP contribution in [0, 0.1) is 19.8 Å². The summed E-state index contributed by atoms with van der Waals surface area (Å²) in [6, 6.07) is 9.34. The van der Waals surface area contributed by atoms with Gasteiger partial charge in [-0.1, -0.05) is 32.0 Å². The lowest BCUT2D eigenvalue weighted by atomic mass is 10.2. The summed E-state index contributed by atoms with van der Waals surface area (Å²) in [5.74, 6) is 0.149. The van der Waals surface area contributed by atoms with E-state index in [-0.39, 0.29) is 27.9 Å². The molecule has 0 aliphatic carbocycles. The number of benzene rings is 1. The molecule has 1 N–H and O–H groups in total. The van der Waals surface area contributed by atoms with Crippen molar-refractivity contribution < 1.29 is 16.8 Å². The highest BCUT2D eigenvalue weighted by molar-refractivity contribution is 7.90. The third kappa shape index (κ3) is 3.55. The molecule has 24 heavy (non-hydrogen) atoms. The van der Waals surface area contributed by atoms with Gasteiger partial charge < -0.3 is 0 Å². The summed E-state index contributed by atoms with van der Waals surface area (Å²) in [5, 5.41) is 0. The van der Waals surface area contributed by atoms with Gasteiger partial charge in [-0.2, -0.15) is 0 Å². The lowest BCUT2D eigenvalue weighted by molar-refractivity contribution is 0.559. The van der Waals surface area contributed by atoms with Crippen LogP contribution in [0.4, 0.5) is 0 Å². The Hall–Kier alpha value is -1.64. The van der Waals surface area contributed by atoms with Gasteiger partial charge >= 0.3 is 0 Å². The van der Waals surface area contributed by atoms with Crippen molar-refractivity contribution in [2.24, 2.45) is 5.92 Å². The maximum atomic E-state index is 12.8. The smallest absolute Gasteiger partial charge is 0.242 e. The average Bonchev–Trinajstić information content (AvgIpc) is 2.82. The molecule has 0 unspecified atom stereocenters. The topological polar surface area (TPSA) is 85.2 Å². The van der Waals surface area contributed by atoms with Crippen LogP contribution in [0.5, 0.6) is 0 Å². The van der Waals surface area contributed by atoms with Gasteiger partial charge in [-0.15, -0.1) is 0 Å². The molecule has 0 spiro atoms. The van der Waals surface area contributed by atoms with E-state index in [2.05, 4.69) is 4.72 Å². The summed E-state index contributed by atoms with van der Waals surface area (Å²) in [7, 11) is -7.61. The number of sulfonamides is 1. The van der Waals surface area contributed by atoms with Crippen molar-refractivity contribution in [3.05, 3.63) is 47.8 Å². The van der Waals surface area contributed by atoms with Gasteiger partial charge in [0.25, 0.3) is 10.0 Å². The molecular weight excluding hydrogens is 348 g/mol. The van der Waals surface area contributed by atoms with Crippen LogP contribution in [0.15, 0.2) is 46.2 Å². The minimum atomic E-state index is -3.85. The van der Waals surface area contributed by atoms with Gasteiger partial charge in [0.2, 0.25) is 10.0 Å². The molecule has 1 aromatic carbocycles. The Kier molecular flexibility index (Phi) is 5.22. The van der Waals surface area contributed by atoms with Crippen molar-refractivity contribution in [2.75, 3.05) is 6.54 Å². The van der Waals surface area contributed by atoms with Crippen LogP contribution in [0.2, 0.25) is 0 Å². The van der Waals surface area contributed by atoms with Gasteiger partial charge in [0.1, 0.15) is 4.90 Å². The lowest BCUT2D eigenvalue weighted by Crippen LogP contribution is -2.28. The molecule has 2 rings (SSSR count). The van der Waals surface area contributed by atoms with Crippen LogP contribution >= 0.6 is 0 Å². The van der Waals surface area contributed by atoms with E-state index in [0.29, 0.717) is 5.69 Å². The first kappa shape index (κ1) is 18.7. The molecule has 6 nitrogen and oxygen atoms in total. The number of aromatic nitrogens is 1. The van der Waals surface area contributed by atoms with Gasteiger partial charge in [-0.05, 0) is 38.0 Å². The normalized spacial score (nSPS) is 12.7. The standard InChI is InChI=1S/C16H22N2O4S2/c1-12(2)11-17-23(19,20)16-10-13(3)18(14(16)4)24(21,22)15-8-6-5-7-9-15/h5-10,12,17H,11H2,1-4H3. The van der Waals surface area contributed by atoms with Crippen LogP contribution in [0.1, 0.15) is 25.2 Å². The van der Waals surface area contributed by atoms with Crippen LogP contribution in [0.25, 0.3) is 0 Å². The zero-order valence-corrected chi connectivity index (χ0v) is 15.8. The SMILES string of the molecule is Cc1cc(S(=O)(=O)NCC(C)C)c(C)n1S(=O)(=O)c1ccccc1. The zero-order chi connectivity index (χ0) is 18.1. The third-order valence-electron chi connectivity index (χ3n) is 3.57. The fraction of sp³-hybridized carbons (Fsp3) is 0.375. The second kappa shape index (κ2) is 6.70. The van der Waals surface area contributed by atoms with Crippen LogP contribution < -0.4 is 4.72 Å². The van der Waals surface area contributed by atoms with Crippen LogP contribution in [0.3, 0.4) is 0 Å². The second-order valence-corrected chi connectivity index (χ2v) is 9.59. The molecule has 1 heterocycles. The molecule has 0 aliphatic heterocycles. The van der Waals surface area contributed by atoms with Crippen molar-refractivity contribution in [2.45, 2.75) is 37.5 Å². The number of nitrogens with zero attached hydrogens (tertiary/aromatic N) is 1. The van der Waals surface area contributed by atoms with E-state index in [1.165, 1.54) is 25.1 Å². The first-order valence-electron chi connectivity index (χ1n) is 7.56. The van der Waals surface area contributed by atoms with E-state index >= 15 is 0 Å². The molecule has 0 radical (unpaired) electrons. The summed E-state index contributed by atoms with van der Waals surface area (Å²) in [6.45, 7) is 7.15. The van der Waals surface area contributed by atoms with E-state index < -0.39 is 20.0 Å². The minimum Gasteiger partial charge on any atom is -0.242 e. The number of rotatable bonds is 6. The lowest BCUT2D eigenvalue weighted by Gasteiger charge is -2.12. The Bertz CT molecular complexity index is 928. The maximum absolute atomic E-state index is 12.8. The first-order valence-corrected chi connectivity index (χ1v) is 10.5. The van der Waals surface area contributed by atoms with Crippen molar-refractivity contribution in [1.82, 2.24) is 8.69 Å². The molecule has 0 saturated heterocycles. The zero-order valence-electron chi connectivity index (χ0n) is 14.1. The Balaban J connectivity index is 2.55. The highest BCUT2D eigenvalue weighted by atomic mass is 32.2. The molecule has 0 aliphatic rings. The van der Waals surface area contributed by atoms with Crippen LogP contribution in [-0.2, 0) is 20.0 Å². The van der Waals surface area contributed by atoms with E-state index in [4.69, 9.17) is 0 Å². The van der Waals surface area contributed by atoms with E-state index in [0.717, 1.165) is 3.97 Å². The number of aryl methyl sites for hydroxylation is 1. The molecule has 0 bridgehead atoms. The Morgan fingerprint density at radius 3 is 2.17 bits per heavy atom. The number of nitrogens with one attached hydrogen (secondary N) is 1. The summed E-state index contributed by atoms with van der Waals surface area (Å²) in [4.78, 5) is 0.103. The van der Waals surface area contributed by atoms with E-state index in [1.54, 1.807) is 25.1 Å². The Morgan fingerprint density at radius 1 is 1.04 bits per heavy atom. The number of hydrogen-bond acceptors (Lipinski definition) is 4. The average molecular weight is 370 g/mol. The quantitative estimate of drug-likeness (QED) is 0.845. The fourth-order valence-corrected chi connectivity index (χ4v) is 5.59. The Morgan fingerprint density at radius 2 is 1.62 bits per heavy atom. The summed E-state index contributed by atoms with van der Waals surface area (Å²) in [5.41, 5.74) is 0.522. The molecule has 132 valence electrons. The third-order valence-corrected chi connectivity index (χ3v) is 7.02. The predicted octanol–water partition coefficient (Wildman–Crippen LogP) is 2.28. The van der Waals surface area contributed by atoms with Gasteiger partial charge in [-0.25, -0.2) is 25.5 Å². The fourth-order valence-electron chi connectivity index (χ4n) is 2.41. The van der Waals surface area contributed by atoms with Gasteiger partial charge in [0.05, 0.1) is 10.6 Å². The van der Waals surface area contributed by atoms with Gasteiger partial charge in [-0.3, -0.25) is 0 Å². The molecule has 0 amide bonds. The highest BCUT2D eigenvalue weighted by Crippen LogP contribution is 2.25. The largest absolute Gasteiger partial charge is 0.268 e. The van der Waals surface area contributed by atoms with Crippen LogP contribution in [-0.4, -0.2) is 27.4 Å². The van der Waals surface area contributed by atoms with Crippen molar-refractivity contribution in [1.29, 1.82) is 0 Å². The number of hydrogen-bond donors (Lipinski definition) is 1. The van der Waals surface area contributed by atoms with E-state index in [1.807, 2.05) is 13.8 Å². The van der Waals surface area contributed by atoms with E-state index in [9.17, 15) is 16.8 Å². The molecule has 0 atom stereocenters.